The Labute approximate surface area is 106 Å². The van der Waals surface area contributed by atoms with Crippen molar-refractivity contribution in [2.24, 2.45) is 5.16 Å². The summed E-state index contributed by atoms with van der Waals surface area (Å²) in [4.78, 5) is 11.8. The molecule has 0 aliphatic carbocycles. The van der Waals surface area contributed by atoms with Crippen LogP contribution >= 0.6 is 0 Å². The van der Waals surface area contributed by atoms with Gasteiger partial charge in [0.25, 0.3) is 0 Å². The van der Waals surface area contributed by atoms with Crippen LogP contribution < -0.4 is 4.74 Å². The molecule has 0 fully saturated rings. The van der Waals surface area contributed by atoms with Gasteiger partial charge in [-0.05, 0) is 31.2 Å². The van der Waals surface area contributed by atoms with E-state index in [0.717, 1.165) is 0 Å². The highest BCUT2D eigenvalue weighted by Gasteiger charge is 2.09. The Morgan fingerprint density at radius 1 is 1.28 bits per heavy atom. The molecule has 0 heterocycles. The Balaban J connectivity index is 2.54. The number of Topliss-reactive ketones (excluding diaryl/α,β-unsaturated/α-hetero) is 1. The molecule has 1 aromatic carbocycles. The Morgan fingerprint density at radius 2 is 1.94 bits per heavy atom. The summed E-state index contributed by atoms with van der Waals surface area (Å²) in [5, 5.41) is 11.6. The predicted molar refractivity (Wildman–Crippen MR) is 67.4 cm³/mol. The minimum atomic E-state index is -0.0292. The third-order valence-electron chi connectivity index (χ3n) is 2.40. The van der Waals surface area contributed by atoms with Crippen LogP contribution in [0.3, 0.4) is 0 Å². The molecule has 0 bridgehead atoms. The molecular weight excluding hydrogens is 234 g/mol. The predicted octanol–water partition coefficient (Wildman–Crippen LogP) is 2.48. The summed E-state index contributed by atoms with van der Waals surface area (Å²) in [6.45, 7) is 2.20. The highest BCUT2D eigenvalue weighted by molar-refractivity contribution is 5.98. The van der Waals surface area contributed by atoms with Gasteiger partial charge in [0.1, 0.15) is 5.75 Å². The van der Waals surface area contributed by atoms with E-state index in [4.69, 9.17) is 14.7 Å². The first-order valence-corrected chi connectivity index (χ1v) is 5.72. The van der Waals surface area contributed by atoms with Crippen LogP contribution in [-0.2, 0) is 4.74 Å². The lowest BCUT2D eigenvalue weighted by atomic mass is 10.1. The lowest BCUT2D eigenvalue weighted by Crippen LogP contribution is -2.08. The monoisotopic (exact) mass is 251 g/mol. The van der Waals surface area contributed by atoms with Gasteiger partial charge in [-0.15, -0.1) is 0 Å². The van der Waals surface area contributed by atoms with Crippen molar-refractivity contribution in [3.8, 4) is 5.75 Å². The first kappa shape index (κ1) is 14.0. The fourth-order valence-electron chi connectivity index (χ4n) is 1.46. The second-order valence-electron chi connectivity index (χ2n) is 3.58. The van der Waals surface area contributed by atoms with Crippen molar-refractivity contribution in [3.05, 3.63) is 29.8 Å². The van der Waals surface area contributed by atoms with Gasteiger partial charge in [-0.2, -0.15) is 0 Å². The van der Waals surface area contributed by atoms with Crippen LogP contribution in [-0.4, -0.2) is 30.6 Å². The van der Waals surface area contributed by atoms with Crippen molar-refractivity contribution in [1.29, 1.82) is 0 Å². The zero-order valence-electron chi connectivity index (χ0n) is 10.5. The van der Waals surface area contributed by atoms with Gasteiger partial charge in [0.05, 0.1) is 13.7 Å². The Hall–Kier alpha value is -2.04. The smallest absolute Gasteiger partial charge is 0.225 e. The number of carbonyl (C=O) groups is 1. The zero-order chi connectivity index (χ0) is 13.4. The number of methoxy groups -OCH3 is 1. The molecule has 0 aliphatic rings. The van der Waals surface area contributed by atoms with Crippen molar-refractivity contribution >= 4 is 11.7 Å². The van der Waals surface area contributed by atoms with Gasteiger partial charge in [0.2, 0.25) is 5.90 Å². The fraction of sp³-hybridized carbons (Fsp3) is 0.385. The van der Waals surface area contributed by atoms with Crippen LogP contribution in [0.25, 0.3) is 0 Å². The molecule has 1 N–H and O–H groups in total. The minimum Gasteiger partial charge on any atom is -0.497 e. The molecule has 5 heteroatoms. The summed E-state index contributed by atoms with van der Waals surface area (Å²) in [5.74, 6) is 0.858. The Kier molecular flexibility index (Phi) is 5.70. The van der Waals surface area contributed by atoms with Gasteiger partial charge in [-0.3, -0.25) is 4.79 Å². The first-order valence-electron chi connectivity index (χ1n) is 5.72. The average molecular weight is 251 g/mol. The number of nitrogens with zero attached hydrogens (tertiary/aromatic N) is 1. The van der Waals surface area contributed by atoms with Gasteiger partial charge < -0.3 is 14.7 Å². The number of hydrogen-bond donors (Lipinski definition) is 1. The maximum atomic E-state index is 11.8. The van der Waals surface area contributed by atoms with E-state index >= 15 is 0 Å². The summed E-state index contributed by atoms with van der Waals surface area (Å²) in [6, 6.07) is 6.88. The molecule has 98 valence electrons. The Bertz CT molecular complexity index is 412. The first-order chi connectivity index (χ1) is 8.71. The average Bonchev–Trinajstić information content (AvgIpc) is 2.43. The molecule has 18 heavy (non-hydrogen) atoms. The third-order valence-corrected chi connectivity index (χ3v) is 2.40. The van der Waals surface area contributed by atoms with Crippen LogP contribution in [0.2, 0.25) is 0 Å². The van der Waals surface area contributed by atoms with Crippen molar-refractivity contribution in [1.82, 2.24) is 0 Å². The molecule has 0 saturated carbocycles. The molecule has 0 saturated heterocycles. The molecule has 0 spiro atoms. The van der Waals surface area contributed by atoms with E-state index in [1.165, 1.54) is 0 Å². The van der Waals surface area contributed by atoms with Gasteiger partial charge in [0.15, 0.2) is 5.78 Å². The zero-order valence-corrected chi connectivity index (χ0v) is 10.5. The van der Waals surface area contributed by atoms with E-state index in [-0.39, 0.29) is 24.5 Å². The number of oxime groups is 1. The maximum Gasteiger partial charge on any atom is 0.225 e. The molecule has 0 amide bonds. The number of hydrogen-bond acceptors (Lipinski definition) is 5. The van der Waals surface area contributed by atoms with Crippen molar-refractivity contribution in [3.63, 3.8) is 0 Å². The van der Waals surface area contributed by atoms with Crippen LogP contribution in [0.1, 0.15) is 30.1 Å². The van der Waals surface area contributed by atoms with E-state index < -0.39 is 0 Å². The highest BCUT2D eigenvalue weighted by atomic mass is 16.5. The second-order valence-corrected chi connectivity index (χ2v) is 3.58. The highest BCUT2D eigenvalue weighted by Crippen LogP contribution is 2.13. The molecular formula is C13H17NO4. The van der Waals surface area contributed by atoms with Crippen molar-refractivity contribution in [2.75, 3.05) is 13.7 Å². The fourth-order valence-corrected chi connectivity index (χ4v) is 1.46. The number of benzene rings is 1. The number of carbonyl (C=O) groups excluding carboxylic acids is 1. The summed E-state index contributed by atoms with van der Waals surface area (Å²) in [5.41, 5.74) is 0.601. The van der Waals surface area contributed by atoms with Crippen molar-refractivity contribution < 1.29 is 19.5 Å². The van der Waals surface area contributed by atoms with Gasteiger partial charge in [-0.25, -0.2) is 0 Å². The summed E-state index contributed by atoms with van der Waals surface area (Å²) >= 11 is 0. The minimum absolute atomic E-state index is 0.0292. The SMILES string of the molecule is CCOC(CCC(=O)c1ccc(OC)cc1)=NO. The summed E-state index contributed by atoms with van der Waals surface area (Å²) in [6.07, 6.45) is 0.529. The lowest BCUT2D eigenvalue weighted by molar-refractivity contribution is 0.0982. The van der Waals surface area contributed by atoms with Crippen LogP contribution in [0.5, 0.6) is 5.75 Å². The topological polar surface area (TPSA) is 68.1 Å². The lowest BCUT2D eigenvalue weighted by Gasteiger charge is -2.05. The summed E-state index contributed by atoms with van der Waals surface area (Å²) in [7, 11) is 1.57. The third kappa shape index (κ3) is 4.08. The normalized spacial score (nSPS) is 11.1. The number of ether oxygens (including phenoxy) is 2. The molecule has 0 aromatic heterocycles. The van der Waals surface area contributed by atoms with Crippen LogP contribution in [0.4, 0.5) is 0 Å². The van der Waals surface area contributed by atoms with E-state index in [1.54, 1.807) is 38.3 Å². The largest absolute Gasteiger partial charge is 0.497 e. The summed E-state index contributed by atoms with van der Waals surface area (Å²) < 4.78 is 10.1. The van der Waals surface area contributed by atoms with Gasteiger partial charge >= 0.3 is 0 Å². The quantitative estimate of drug-likeness (QED) is 0.277. The maximum absolute atomic E-state index is 11.8. The van der Waals surface area contributed by atoms with Gasteiger partial charge in [-0.1, -0.05) is 5.16 Å². The standard InChI is InChI=1S/C13H17NO4/c1-3-18-13(14-16)9-8-12(15)10-4-6-11(17-2)7-5-10/h4-7,16H,3,8-9H2,1-2H3. The van der Waals surface area contributed by atoms with E-state index in [9.17, 15) is 4.79 Å². The molecule has 1 rings (SSSR count). The van der Waals surface area contributed by atoms with E-state index in [1.807, 2.05) is 0 Å². The van der Waals surface area contributed by atoms with Gasteiger partial charge in [0, 0.05) is 18.4 Å². The van der Waals surface area contributed by atoms with Crippen LogP contribution in [0.15, 0.2) is 29.4 Å². The van der Waals surface area contributed by atoms with Crippen LogP contribution in [0, 0.1) is 0 Å². The molecule has 0 atom stereocenters. The molecule has 0 unspecified atom stereocenters. The number of rotatable bonds is 6. The molecule has 0 radical (unpaired) electrons. The van der Waals surface area contributed by atoms with Crippen molar-refractivity contribution in [2.45, 2.75) is 19.8 Å². The van der Waals surface area contributed by atoms with E-state index in [0.29, 0.717) is 17.9 Å². The molecule has 5 nitrogen and oxygen atoms in total. The van der Waals surface area contributed by atoms with E-state index in [2.05, 4.69) is 5.16 Å². The molecule has 0 aliphatic heterocycles. The molecule has 1 aromatic rings. The Morgan fingerprint density at radius 3 is 2.44 bits per heavy atom. The second kappa shape index (κ2) is 7.32. The number of ketones is 1.